The Bertz CT molecular complexity index is 706. The Morgan fingerprint density at radius 3 is 2.42 bits per heavy atom. The van der Waals surface area contributed by atoms with E-state index in [1.54, 1.807) is 30.3 Å². The van der Waals surface area contributed by atoms with Gasteiger partial charge in [0.1, 0.15) is 11.4 Å². The fourth-order valence-electron chi connectivity index (χ4n) is 2.43. The Kier molecular flexibility index (Phi) is 6.67. The Balaban J connectivity index is 2.06. The van der Waals surface area contributed by atoms with Crippen molar-refractivity contribution < 1.29 is 9.90 Å². The van der Waals surface area contributed by atoms with Crippen molar-refractivity contribution >= 4 is 17.2 Å². The lowest BCUT2D eigenvalue weighted by Crippen LogP contribution is -1.89. The first-order valence-electron chi connectivity index (χ1n) is 8.45. The van der Waals surface area contributed by atoms with Gasteiger partial charge >= 0.3 is 0 Å². The predicted octanol–water partition coefficient (Wildman–Crippen LogP) is 6.13. The Hall–Kier alpha value is -2.49. The van der Waals surface area contributed by atoms with Crippen LogP contribution in [0.1, 0.15) is 55.5 Å². The minimum absolute atomic E-state index is 0.0203. The van der Waals surface area contributed by atoms with E-state index in [0.29, 0.717) is 16.9 Å². The molecular weight excluding hydrogens is 300 g/mol. The number of carbonyl (C=O) groups is 1. The van der Waals surface area contributed by atoms with E-state index in [2.05, 4.69) is 17.2 Å². The number of rotatable bonds is 8. The number of nitrogens with zero attached hydrogens (tertiary/aromatic N) is 2. The minimum atomic E-state index is 0.0203. The van der Waals surface area contributed by atoms with E-state index in [1.807, 2.05) is 12.1 Å². The zero-order valence-corrected chi connectivity index (χ0v) is 14.3. The van der Waals surface area contributed by atoms with Crippen LogP contribution in [-0.4, -0.2) is 10.9 Å². The van der Waals surface area contributed by atoms with E-state index < -0.39 is 0 Å². The smallest absolute Gasteiger partial charge is 0.159 e. The first-order valence-corrected chi connectivity index (χ1v) is 8.45. The molecule has 0 aliphatic rings. The highest BCUT2D eigenvalue weighted by Gasteiger charge is 2.03. The molecule has 0 amide bonds. The highest BCUT2D eigenvalue weighted by atomic mass is 16.3. The van der Waals surface area contributed by atoms with Gasteiger partial charge in [-0.3, -0.25) is 4.79 Å². The van der Waals surface area contributed by atoms with E-state index in [9.17, 15) is 9.90 Å². The molecule has 0 radical (unpaired) electrons. The number of azo groups is 1. The third-order valence-corrected chi connectivity index (χ3v) is 3.91. The molecule has 2 aromatic rings. The average Bonchev–Trinajstić information content (AvgIpc) is 2.59. The maximum absolute atomic E-state index is 11.3. The largest absolute Gasteiger partial charge is 0.506 e. The zero-order chi connectivity index (χ0) is 17.4. The summed E-state index contributed by atoms with van der Waals surface area (Å²) in [4.78, 5) is 11.3. The lowest BCUT2D eigenvalue weighted by atomic mass is 10.1. The van der Waals surface area contributed by atoms with Gasteiger partial charge < -0.3 is 5.11 Å². The van der Waals surface area contributed by atoms with Crippen molar-refractivity contribution in [1.29, 1.82) is 0 Å². The quantitative estimate of drug-likeness (QED) is 0.360. The summed E-state index contributed by atoms with van der Waals surface area (Å²) in [6.45, 7) is 3.72. The van der Waals surface area contributed by atoms with Gasteiger partial charge in [0.05, 0.1) is 5.69 Å². The number of unbranched alkanes of at least 4 members (excludes halogenated alkanes) is 3. The number of phenols is 1. The van der Waals surface area contributed by atoms with Crippen LogP contribution in [0.15, 0.2) is 52.7 Å². The number of aromatic hydroxyl groups is 1. The number of hydrogen-bond donors (Lipinski definition) is 1. The first kappa shape index (κ1) is 17.9. The molecule has 0 aromatic heterocycles. The van der Waals surface area contributed by atoms with Crippen LogP contribution < -0.4 is 0 Å². The SMILES string of the molecule is CCCCCCc1ccc(O)c(N=Nc2ccc(C(C)=O)cc2)c1. The summed E-state index contributed by atoms with van der Waals surface area (Å²) < 4.78 is 0. The van der Waals surface area contributed by atoms with Gasteiger partial charge in [0, 0.05) is 5.56 Å². The van der Waals surface area contributed by atoms with E-state index in [0.717, 1.165) is 18.4 Å². The minimum Gasteiger partial charge on any atom is -0.506 e. The van der Waals surface area contributed by atoms with Gasteiger partial charge in [-0.15, -0.1) is 5.11 Å². The Morgan fingerprint density at radius 1 is 1.00 bits per heavy atom. The molecule has 2 rings (SSSR count). The maximum Gasteiger partial charge on any atom is 0.159 e. The van der Waals surface area contributed by atoms with Crippen LogP contribution in [0.5, 0.6) is 5.75 Å². The average molecular weight is 324 g/mol. The molecule has 4 nitrogen and oxygen atoms in total. The molecule has 0 aliphatic carbocycles. The zero-order valence-electron chi connectivity index (χ0n) is 14.3. The topological polar surface area (TPSA) is 62.0 Å². The van der Waals surface area contributed by atoms with Crippen molar-refractivity contribution in [3.63, 3.8) is 0 Å². The van der Waals surface area contributed by atoms with Crippen LogP contribution in [0, 0.1) is 0 Å². The van der Waals surface area contributed by atoms with Crippen LogP contribution in [0.4, 0.5) is 11.4 Å². The molecule has 0 aliphatic heterocycles. The molecule has 24 heavy (non-hydrogen) atoms. The van der Waals surface area contributed by atoms with Crippen molar-refractivity contribution in [2.45, 2.75) is 46.0 Å². The van der Waals surface area contributed by atoms with Gasteiger partial charge in [-0.2, -0.15) is 5.11 Å². The number of aryl methyl sites for hydroxylation is 1. The molecule has 2 aromatic carbocycles. The van der Waals surface area contributed by atoms with Crippen LogP contribution in [-0.2, 0) is 6.42 Å². The predicted molar refractivity (Wildman–Crippen MR) is 96.6 cm³/mol. The molecule has 0 fully saturated rings. The molecule has 126 valence electrons. The highest BCUT2D eigenvalue weighted by molar-refractivity contribution is 5.94. The maximum atomic E-state index is 11.3. The van der Waals surface area contributed by atoms with Gasteiger partial charge in [0.15, 0.2) is 5.78 Å². The van der Waals surface area contributed by atoms with Gasteiger partial charge in [-0.25, -0.2) is 0 Å². The molecular formula is C20H24N2O2. The van der Waals surface area contributed by atoms with E-state index in [-0.39, 0.29) is 11.5 Å². The molecule has 0 saturated carbocycles. The van der Waals surface area contributed by atoms with Gasteiger partial charge in [0.25, 0.3) is 0 Å². The van der Waals surface area contributed by atoms with Crippen LogP contribution in [0.3, 0.4) is 0 Å². The molecule has 0 bridgehead atoms. The molecule has 0 saturated heterocycles. The monoisotopic (exact) mass is 324 g/mol. The molecule has 0 atom stereocenters. The van der Waals surface area contributed by atoms with Crippen molar-refractivity contribution in [2.75, 3.05) is 0 Å². The standard InChI is InChI=1S/C20H24N2O2/c1-3-4-5-6-7-16-8-13-20(24)19(14-16)22-21-18-11-9-17(10-12-18)15(2)23/h8-14,24H,3-7H2,1-2H3. The van der Waals surface area contributed by atoms with Crippen molar-refractivity contribution in [1.82, 2.24) is 0 Å². The normalized spacial score (nSPS) is 11.1. The third kappa shape index (κ3) is 5.30. The van der Waals surface area contributed by atoms with Gasteiger partial charge in [-0.05, 0) is 61.7 Å². The summed E-state index contributed by atoms with van der Waals surface area (Å²) in [6.07, 6.45) is 5.81. The lowest BCUT2D eigenvalue weighted by molar-refractivity contribution is 0.101. The van der Waals surface area contributed by atoms with Crippen LogP contribution in [0.25, 0.3) is 0 Å². The summed E-state index contributed by atoms with van der Waals surface area (Å²) in [6, 6.07) is 12.4. The summed E-state index contributed by atoms with van der Waals surface area (Å²) in [7, 11) is 0. The number of phenolic OH excluding ortho intramolecular Hbond substituents is 1. The van der Waals surface area contributed by atoms with Crippen molar-refractivity contribution in [3.05, 3.63) is 53.6 Å². The van der Waals surface area contributed by atoms with Crippen molar-refractivity contribution in [3.8, 4) is 5.75 Å². The van der Waals surface area contributed by atoms with E-state index >= 15 is 0 Å². The summed E-state index contributed by atoms with van der Waals surface area (Å²) in [5.41, 5.74) is 2.92. The molecule has 1 N–H and O–H groups in total. The second-order valence-corrected chi connectivity index (χ2v) is 5.94. The second-order valence-electron chi connectivity index (χ2n) is 5.94. The molecule has 0 spiro atoms. The van der Waals surface area contributed by atoms with Gasteiger partial charge in [-0.1, -0.05) is 32.3 Å². The molecule has 0 unspecified atom stereocenters. The summed E-state index contributed by atoms with van der Waals surface area (Å²) in [5.74, 6) is 0.142. The van der Waals surface area contributed by atoms with Crippen molar-refractivity contribution in [2.24, 2.45) is 10.2 Å². The number of benzene rings is 2. The van der Waals surface area contributed by atoms with E-state index in [4.69, 9.17) is 0 Å². The summed E-state index contributed by atoms with van der Waals surface area (Å²) >= 11 is 0. The third-order valence-electron chi connectivity index (χ3n) is 3.91. The van der Waals surface area contributed by atoms with E-state index in [1.165, 1.54) is 26.2 Å². The highest BCUT2D eigenvalue weighted by Crippen LogP contribution is 2.29. The first-order chi connectivity index (χ1) is 11.6. The Labute approximate surface area is 143 Å². The van der Waals surface area contributed by atoms with Gasteiger partial charge in [0.2, 0.25) is 0 Å². The van der Waals surface area contributed by atoms with Crippen LogP contribution >= 0.6 is 0 Å². The fourth-order valence-corrected chi connectivity index (χ4v) is 2.43. The number of carbonyl (C=O) groups excluding carboxylic acids is 1. The lowest BCUT2D eigenvalue weighted by Gasteiger charge is -2.04. The number of Topliss-reactive ketones (excluding diaryl/α,β-unsaturated/α-hetero) is 1. The summed E-state index contributed by atoms with van der Waals surface area (Å²) in [5, 5.41) is 18.2. The molecule has 4 heteroatoms. The molecule has 0 heterocycles. The number of ketones is 1. The van der Waals surface area contributed by atoms with Crippen LogP contribution in [0.2, 0.25) is 0 Å². The number of hydrogen-bond acceptors (Lipinski definition) is 4. The fraction of sp³-hybridized carbons (Fsp3) is 0.350. The second kappa shape index (κ2) is 8.96. The Morgan fingerprint density at radius 2 is 1.75 bits per heavy atom.